The lowest BCUT2D eigenvalue weighted by atomic mass is 9.94. The van der Waals surface area contributed by atoms with E-state index in [2.05, 4.69) is 0 Å². The maximum Gasteiger partial charge on any atom is 0.295 e. The van der Waals surface area contributed by atoms with Crippen molar-refractivity contribution in [3.63, 3.8) is 0 Å². The highest BCUT2D eigenvalue weighted by molar-refractivity contribution is 6.46. The van der Waals surface area contributed by atoms with Gasteiger partial charge in [0.2, 0.25) is 0 Å². The summed E-state index contributed by atoms with van der Waals surface area (Å²) in [4.78, 5) is 28.3. The highest BCUT2D eigenvalue weighted by Crippen LogP contribution is 2.43. The molecule has 1 aliphatic heterocycles. The molecule has 1 heterocycles. The number of halogens is 1. The van der Waals surface area contributed by atoms with Crippen LogP contribution in [0.2, 0.25) is 5.02 Å². The predicted octanol–water partition coefficient (Wildman–Crippen LogP) is 5.77. The van der Waals surface area contributed by atoms with E-state index in [1.165, 1.54) is 18.1 Å². The van der Waals surface area contributed by atoms with Gasteiger partial charge in [-0.15, -0.1) is 0 Å². The summed E-state index contributed by atoms with van der Waals surface area (Å²) in [6.45, 7) is 3.94. The number of likely N-dealkylation sites (tertiary alicyclic amines) is 1. The van der Waals surface area contributed by atoms with E-state index in [-0.39, 0.29) is 29.5 Å². The Balaban J connectivity index is 1.90. The lowest BCUT2D eigenvalue weighted by Gasteiger charge is -2.26. The first-order chi connectivity index (χ1) is 17.7. The molecule has 4 rings (SSSR count). The Hall–Kier alpha value is -3.97. The Kier molecular flexibility index (Phi) is 7.74. The molecule has 3 aromatic carbocycles. The number of rotatable bonds is 8. The van der Waals surface area contributed by atoms with Gasteiger partial charge in [0.05, 0.1) is 37.5 Å². The summed E-state index contributed by atoms with van der Waals surface area (Å²) in [6, 6.07) is 18.2. The average Bonchev–Trinajstić information content (AvgIpc) is 3.13. The topological polar surface area (TPSA) is 85.3 Å². The molecule has 0 aliphatic carbocycles. The van der Waals surface area contributed by atoms with Crippen molar-refractivity contribution in [2.75, 3.05) is 14.2 Å². The van der Waals surface area contributed by atoms with Crippen molar-refractivity contribution in [2.24, 2.45) is 0 Å². The molecule has 7 nitrogen and oxygen atoms in total. The van der Waals surface area contributed by atoms with Gasteiger partial charge in [-0.05, 0) is 67.4 Å². The minimum atomic E-state index is -0.884. The molecule has 1 atom stereocenters. The molecule has 0 aromatic heterocycles. The smallest absolute Gasteiger partial charge is 0.295 e. The number of hydrogen-bond acceptors (Lipinski definition) is 6. The van der Waals surface area contributed by atoms with Crippen LogP contribution in [0, 0.1) is 0 Å². The third-order valence-corrected chi connectivity index (χ3v) is 6.22. The highest BCUT2D eigenvalue weighted by atomic mass is 35.5. The summed E-state index contributed by atoms with van der Waals surface area (Å²) in [6.07, 6.45) is -0.0749. The van der Waals surface area contributed by atoms with Crippen LogP contribution in [0.15, 0.2) is 72.3 Å². The maximum absolute atomic E-state index is 13.4. The first-order valence-electron chi connectivity index (χ1n) is 11.7. The van der Waals surface area contributed by atoms with Crippen LogP contribution in [0.1, 0.15) is 36.6 Å². The summed E-state index contributed by atoms with van der Waals surface area (Å²) in [5.41, 5.74) is 1.54. The Bertz CT molecular complexity index is 1370. The largest absolute Gasteiger partial charge is 0.507 e. The number of carbonyl (C=O) groups is 2. The number of ketones is 1. The van der Waals surface area contributed by atoms with Crippen molar-refractivity contribution in [2.45, 2.75) is 32.5 Å². The fourth-order valence-corrected chi connectivity index (χ4v) is 4.57. The third-order valence-electron chi connectivity index (χ3n) is 5.99. The fourth-order valence-electron chi connectivity index (χ4n) is 4.40. The van der Waals surface area contributed by atoms with Gasteiger partial charge in [0.25, 0.3) is 11.7 Å². The summed E-state index contributed by atoms with van der Waals surface area (Å²) >= 11 is 6.20. The van der Waals surface area contributed by atoms with Gasteiger partial charge in [0.15, 0.2) is 0 Å². The zero-order chi connectivity index (χ0) is 26.7. The fraction of sp³-hybridized carbons (Fsp3) is 0.241. The number of carbonyl (C=O) groups excluding carboxylic acids is 2. The SMILES string of the molecule is COc1cccc(CN2C(=O)C(=O)/C(=C(/O)c3cc(Cl)ccc3OC)C2c2cccc(OC(C)C)c2)c1. The summed E-state index contributed by atoms with van der Waals surface area (Å²) in [5.74, 6) is -0.378. The van der Waals surface area contributed by atoms with Gasteiger partial charge in [-0.2, -0.15) is 0 Å². The van der Waals surface area contributed by atoms with Gasteiger partial charge in [-0.25, -0.2) is 0 Å². The van der Waals surface area contributed by atoms with Crippen molar-refractivity contribution in [1.29, 1.82) is 0 Å². The van der Waals surface area contributed by atoms with E-state index in [0.717, 1.165) is 5.56 Å². The second kappa shape index (κ2) is 11.0. The zero-order valence-corrected chi connectivity index (χ0v) is 21.8. The van der Waals surface area contributed by atoms with Crippen LogP contribution in [0.25, 0.3) is 5.76 Å². The molecule has 1 saturated heterocycles. The molecule has 8 heteroatoms. The second-order valence-electron chi connectivity index (χ2n) is 8.86. The van der Waals surface area contributed by atoms with Crippen molar-refractivity contribution >= 4 is 29.1 Å². The van der Waals surface area contributed by atoms with Gasteiger partial charge in [-0.3, -0.25) is 9.59 Å². The summed E-state index contributed by atoms with van der Waals surface area (Å²) in [5, 5.41) is 11.8. The molecule has 37 heavy (non-hydrogen) atoms. The molecule has 1 aliphatic rings. The van der Waals surface area contributed by atoms with E-state index in [9.17, 15) is 14.7 Å². The second-order valence-corrected chi connectivity index (χ2v) is 9.30. The monoisotopic (exact) mass is 521 g/mol. The van der Waals surface area contributed by atoms with E-state index < -0.39 is 17.7 Å². The Labute approximate surface area is 220 Å². The molecule has 0 spiro atoms. The first kappa shape index (κ1) is 26.1. The number of methoxy groups -OCH3 is 2. The highest BCUT2D eigenvalue weighted by Gasteiger charge is 2.46. The van der Waals surface area contributed by atoms with Crippen LogP contribution in [0.4, 0.5) is 0 Å². The number of Topliss-reactive ketones (excluding diaryl/α,β-unsaturated/α-hetero) is 1. The van der Waals surface area contributed by atoms with E-state index in [1.54, 1.807) is 55.6 Å². The van der Waals surface area contributed by atoms with Gasteiger partial charge in [0, 0.05) is 11.6 Å². The minimum absolute atomic E-state index is 0.0600. The molecule has 0 bridgehead atoms. The molecule has 1 amide bonds. The molecule has 192 valence electrons. The summed E-state index contributed by atoms with van der Waals surface area (Å²) < 4.78 is 16.6. The minimum Gasteiger partial charge on any atom is -0.507 e. The number of aliphatic hydroxyl groups excluding tert-OH is 1. The molecule has 1 N–H and O–H groups in total. The van der Waals surface area contributed by atoms with Crippen LogP contribution in [0.3, 0.4) is 0 Å². The number of amides is 1. The molecule has 1 fully saturated rings. The third kappa shape index (κ3) is 5.42. The molecule has 1 unspecified atom stereocenters. The maximum atomic E-state index is 13.4. The van der Waals surface area contributed by atoms with Gasteiger partial charge < -0.3 is 24.2 Å². The zero-order valence-electron chi connectivity index (χ0n) is 21.0. The number of nitrogens with zero attached hydrogens (tertiary/aromatic N) is 1. The number of ether oxygens (including phenoxy) is 3. The number of aliphatic hydroxyl groups is 1. The van der Waals surface area contributed by atoms with Crippen LogP contribution in [0.5, 0.6) is 17.2 Å². The van der Waals surface area contributed by atoms with Gasteiger partial charge in [0.1, 0.15) is 23.0 Å². The van der Waals surface area contributed by atoms with Gasteiger partial charge >= 0.3 is 0 Å². The summed E-state index contributed by atoms with van der Waals surface area (Å²) in [7, 11) is 3.01. The first-order valence-corrected chi connectivity index (χ1v) is 12.1. The number of hydrogen-bond donors (Lipinski definition) is 1. The van der Waals surface area contributed by atoms with E-state index >= 15 is 0 Å². The lowest BCUT2D eigenvalue weighted by molar-refractivity contribution is -0.140. The van der Waals surface area contributed by atoms with Crippen molar-refractivity contribution in [3.8, 4) is 17.2 Å². The van der Waals surface area contributed by atoms with Crippen LogP contribution in [-0.4, -0.2) is 42.0 Å². The normalized spacial score (nSPS) is 16.8. The predicted molar refractivity (Wildman–Crippen MR) is 141 cm³/mol. The van der Waals surface area contributed by atoms with E-state index in [0.29, 0.717) is 27.8 Å². The molecule has 0 radical (unpaired) electrons. The quantitative estimate of drug-likeness (QED) is 0.230. The standard InChI is InChI=1S/C29H28ClNO6/c1-17(2)37-22-10-6-8-19(14-22)26-25(27(32)23-15-20(30)11-12-24(23)36-4)28(33)29(34)31(26)16-18-7-5-9-21(13-18)35-3/h5-15,17,26,32H,16H2,1-4H3/b27-25+. The Morgan fingerprint density at radius 1 is 0.973 bits per heavy atom. The molecular formula is C29H28ClNO6. The lowest BCUT2D eigenvalue weighted by Crippen LogP contribution is -2.29. The van der Waals surface area contributed by atoms with E-state index in [4.69, 9.17) is 25.8 Å². The van der Waals surface area contributed by atoms with E-state index in [1.807, 2.05) is 26.0 Å². The molecule has 0 saturated carbocycles. The van der Waals surface area contributed by atoms with Crippen molar-refractivity contribution in [3.05, 3.63) is 94.0 Å². The van der Waals surface area contributed by atoms with Crippen molar-refractivity contribution < 1.29 is 28.9 Å². The van der Waals surface area contributed by atoms with Crippen LogP contribution >= 0.6 is 11.6 Å². The van der Waals surface area contributed by atoms with Crippen molar-refractivity contribution in [1.82, 2.24) is 4.90 Å². The van der Waals surface area contributed by atoms with Crippen LogP contribution < -0.4 is 14.2 Å². The Morgan fingerprint density at radius 3 is 2.41 bits per heavy atom. The average molecular weight is 522 g/mol. The Morgan fingerprint density at radius 2 is 1.70 bits per heavy atom. The number of benzene rings is 3. The van der Waals surface area contributed by atoms with Gasteiger partial charge in [-0.1, -0.05) is 35.9 Å². The molecular weight excluding hydrogens is 494 g/mol. The molecule has 3 aromatic rings. The van der Waals surface area contributed by atoms with Crippen LogP contribution in [-0.2, 0) is 16.1 Å².